The minimum atomic E-state index is -0.522. The SMILES string of the molecule is CN(CC(=O)NC(C)(C)C)C(=O)[C@@H]1CSCN1C(=O)C(C)(C)C. The van der Waals surface area contributed by atoms with Crippen molar-refractivity contribution in [2.24, 2.45) is 5.41 Å². The summed E-state index contributed by atoms with van der Waals surface area (Å²) in [6.07, 6.45) is 0. The molecule has 0 unspecified atom stereocenters. The minimum absolute atomic E-state index is 0.00514. The van der Waals surface area contributed by atoms with Gasteiger partial charge in [0, 0.05) is 23.8 Å². The van der Waals surface area contributed by atoms with Crippen molar-refractivity contribution in [3.05, 3.63) is 0 Å². The lowest BCUT2D eigenvalue weighted by atomic mass is 9.94. The zero-order valence-electron chi connectivity index (χ0n) is 15.2. The molecule has 132 valence electrons. The van der Waals surface area contributed by atoms with Crippen LogP contribution in [-0.4, -0.2) is 64.3 Å². The standard InChI is InChI=1S/C16H29N3O3S/c1-15(2,3)14(22)19-10-23-9-11(19)13(21)18(7)8-12(20)17-16(4,5)6/h11H,8-10H2,1-7H3,(H,17,20)/t11-/m0/s1. The summed E-state index contributed by atoms with van der Waals surface area (Å²) in [4.78, 5) is 40.1. The third kappa shape index (κ3) is 5.71. The number of hydrogen-bond acceptors (Lipinski definition) is 4. The molecule has 0 aromatic carbocycles. The highest BCUT2D eigenvalue weighted by Gasteiger charge is 2.40. The van der Waals surface area contributed by atoms with Crippen molar-refractivity contribution in [3.8, 4) is 0 Å². The molecule has 0 spiro atoms. The summed E-state index contributed by atoms with van der Waals surface area (Å²) in [5.74, 6) is 0.679. The topological polar surface area (TPSA) is 69.7 Å². The van der Waals surface area contributed by atoms with E-state index in [9.17, 15) is 14.4 Å². The number of carbonyl (C=O) groups excluding carboxylic acids is 3. The van der Waals surface area contributed by atoms with Crippen LogP contribution in [0.1, 0.15) is 41.5 Å². The molecular formula is C16H29N3O3S. The van der Waals surface area contributed by atoms with E-state index in [2.05, 4.69) is 5.32 Å². The second kappa shape index (κ2) is 7.11. The maximum Gasteiger partial charge on any atom is 0.246 e. The number of thioether (sulfide) groups is 1. The molecule has 0 radical (unpaired) electrons. The first-order chi connectivity index (χ1) is 10.3. The van der Waals surface area contributed by atoms with Crippen LogP contribution < -0.4 is 5.32 Å². The fourth-order valence-corrected chi connectivity index (χ4v) is 3.43. The zero-order valence-corrected chi connectivity index (χ0v) is 16.0. The summed E-state index contributed by atoms with van der Waals surface area (Å²) in [5, 5.41) is 2.84. The van der Waals surface area contributed by atoms with E-state index in [1.807, 2.05) is 41.5 Å². The van der Waals surface area contributed by atoms with Crippen LogP contribution in [0.4, 0.5) is 0 Å². The first-order valence-electron chi connectivity index (χ1n) is 7.78. The molecule has 1 atom stereocenters. The van der Waals surface area contributed by atoms with Crippen LogP contribution in [0.2, 0.25) is 0 Å². The normalized spacial score (nSPS) is 18.7. The van der Waals surface area contributed by atoms with Gasteiger partial charge in [-0.15, -0.1) is 11.8 Å². The number of nitrogens with zero attached hydrogens (tertiary/aromatic N) is 2. The predicted molar refractivity (Wildman–Crippen MR) is 92.9 cm³/mol. The highest BCUT2D eigenvalue weighted by molar-refractivity contribution is 7.99. The summed E-state index contributed by atoms with van der Waals surface area (Å²) in [6.45, 7) is 11.2. The molecular weight excluding hydrogens is 314 g/mol. The fourth-order valence-electron chi connectivity index (χ4n) is 2.28. The summed E-state index contributed by atoms with van der Waals surface area (Å²) in [5.41, 5.74) is -0.857. The monoisotopic (exact) mass is 343 g/mol. The van der Waals surface area contributed by atoms with E-state index in [-0.39, 0.29) is 29.8 Å². The first kappa shape index (κ1) is 19.8. The van der Waals surface area contributed by atoms with Crippen LogP contribution in [-0.2, 0) is 14.4 Å². The quantitative estimate of drug-likeness (QED) is 0.839. The Morgan fingerprint density at radius 3 is 2.22 bits per heavy atom. The lowest BCUT2D eigenvalue weighted by Gasteiger charge is -2.32. The van der Waals surface area contributed by atoms with Crippen LogP contribution in [0.5, 0.6) is 0 Å². The van der Waals surface area contributed by atoms with Crippen molar-refractivity contribution in [2.45, 2.75) is 53.1 Å². The second-order valence-electron chi connectivity index (χ2n) is 8.03. The summed E-state index contributed by atoms with van der Waals surface area (Å²) in [7, 11) is 1.60. The van der Waals surface area contributed by atoms with E-state index in [1.165, 1.54) is 4.90 Å². The van der Waals surface area contributed by atoms with Gasteiger partial charge in [-0.25, -0.2) is 0 Å². The van der Waals surface area contributed by atoms with Gasteiger partial charge in [0.1, 0.15) is 6.04 Å². The highest BCUT2D eigenvalue weighted by Crippen LogP contribution is 2.28. The van der Waals surface area contributed by atoms with E-state index < -0.39 is 11.5 Å². The minimum Gasteiger partial charge on any atom is -0.350 e. The van der Waals surface area contributed by atoms with E-state index in [4.69, 9.17) is 0 Å². The highest BCUT2D eigenvalue weighted by atomic mass is 32.2. The molecule has 1 heterocycles. The Kier molecular flexibility index (Phi) is 6.12. The smallest absolute Gasteiger partial charge is 0.246 e. The Labute approximate surface area is 143 Å². The van der Waals surface area contributed by atoms with Crippen LogP contribution in [0.15, 0.2) is 0 Å². The van der Waals surface area contributed by atoms with Crippen LogP contribution in [0, 0.1) is 5.41 Å². The molecule has 1 aliphatic heterocycles. The van der Waals surface area contributed by atoms with Crippen molar-refractivity contribution in [3.63, 3.8) is 0 Å². The number of nitrogens with one attached hydrogen (secondary N) is 1. The Morgan fingerprint density at radius 2 is 1.74 bits per heavy atom. The van der Waals surface area contributed by atoms with E-state index in [0.29, 0.717) is 11.6 Å². The van der Waals surface area contributed by atoms with Gasteiger partial charge in [0.05, 0.1) is 12.4 Å². The molecule has 3 amide bonds. The molecule has 23 heavy (non-hydrogen) atoms. The Morgan fingerprint density at radius 1 is 1.17 bits per heavy atom. The number of hydrogen-bond donors (Lipinski definition) is 1. The number of amides is 3. The molecule has 0 aromatic rings. The van der Waals surface area contributed by atoms with E-state index in [0.717, 1.165) is 0 Å². The molecule has 0 aromatic heterocycles. The van der Waals surface area contributed by atoms with Crippen LogP contribution >= 0.6 is 11.8 Å². The molecule has 1 aliphatic rings. The van der Waals surface area contributed by atoms with Gasteiger partial charge in [0.25, 0.3) is 0 Å². The predicted octanol–water partition coefficient (Wildman–Crippen LogP) is 1.31. The Balaban J connectivity index is 2.72. The summed E-state index contributed by atoms with van der Waals surface area (Å²) in [6, 6.07) is -0.487. The maximum atomic E-state index is 12.6. The van der Waals surface area contributed by atoms with E-state index >= 15 is 0 Å². The molecule has 1 fully saturated rings. The fraction of sp³-hybridized carbons (Fsp3) is 0.812. The van der Waals surface area contributed by atoms with Crippen molar-refractivity contribution in [1.29, 1.82) is 0 Å². The van der Waals surface area contributed by atoms with Crippen molar-refractivity contribution < 1.29 is 14.4 Å². The lowest BCUT2D eigenvalue weighted by molar-refractivity contribution is -0.148. The summed E-state index contributed by atoms with van der Waals surface area (Å²) < 4.78 is 0. The maximum absolute atomic E-state index is 12.6. The molecule has 1 rings (SSSR count). The molecule has 0 aliphatic carbocycles. The van der Waals surface area contributed by atoms with Crippen LogP contribution in [0.3, 0.4) is 0 Å². The van der Waals surface area contributed by atoms with Crippen molar-refractivity contribution in [2.75, 3.05) is 25.2 Å². The van der Waals surface area contributed by atoms with Gasteiger partial charge in [-0.05, 0) is 20.8 Å². The number of rotatable bonds is 3. The van der Waals surface area contributed by atoms with Crippen molar-refractivity contribution in [1.82, 2.24) is 15.1 Å². The third-order valence-electron chi connectivity index (χ3n) is 3.34. The number of likely N-dealkylation sites (N-methyl/N-ethyl adjacent to an activating group) is 1. The molecule has 0 bridgehead atoms. The van der Waals surface area contributed by atoms with Crippen LogP contribution in [0.25, 0.3) is 0 Å². The number of carbonyl (C=O) groups is 3. The zero-order chi connectivity index (χ0) is 18.0. The molecule has 6 nitrogen and oxygen atoms in total. The average molecular weight is 343 g/mol. The average Bonchev–Trinajstić information content (AvgIpc) is 2.81. The molecule has 0 saturated carbocycles. The second-order valence-corrected chi connectivity index (χ2v) is 9.03. The lowest BCUT2D eigenvalue weighted by Crippen LogP contribution is -2.53. The van der Waals surface area contributed by atoms with Gasteiger partial charge in [-0.1, -0.05) is 20.8 Å². The molecule has 1 saturated heterocycles. The van der Waals surface area contributed by atoms with Gasteiger partial charge in [0.15, 0.2) is 0 Å². The van der Waals surface area contributed by atoms with Crippen molar-refractivity contribution >= 4 is 29.5 Å². The van der Waals surface area contributed by atoms with Gasteiger partial charge in [-0.2, -0.15) is 0 Å². The largest absolute Gasteiger partial charge is 0.350 e. The van der Waals surface area contributed by atoms with Gasteiger partial charge < -0.3 is 15.1 Å². The Bertz CT molecular complexity index is 480. The van der Waals surface area contributed by atoms with Gasteiger partial charge >= 0.3 is 0 Å². The Hall–Kier alpha value is -1.24. The summed E-state index contributed by atoms with van der Waals surface area (Å²) >= 11 is 1.57. The molecule has 7 heteroatoms. The first-order valence-corrected chi connectivity index (χ1v) is 8.93. The van der Waals surface area contributed by atoms with Gasteiger partial charge in [0.2, 0.25) is 17.7 Å². The third-order valence-corrected chi connectivity index (χ3v) is 4.35. The van der Waals surface area contributed by atoms with Gasteiger partial charge in [-0.3, -0.25) is 14.4 Å². The molecule has 1 N–H and O–H groups in total. The van der Waals surface area contributed by atoms with E-state index in [1.54, 1.807) is 23.7 Å².